The third kappa shape index (κ3) is 1.99. The number of nitrogens with zero attached hydrogens (tertiary/aromatic N) is 2. The Morgan fingerprint density at radius 3 is 2.95 bits per heavy atom. The lowest BCUT2D eigenvalue weighted by Gasteiger charge is -2.00. The van der Waals surface area contributed by atoms with Gasteiger partial charge in [-0.15, -0.1) is 0 Å². The maximum atomic E-state index is 11.9. The van der Waals surface area contributed by atoms with Gasteiger partial charge in [-0.1, -0.05) is 0 Å². The number of carboxylic acids is 1. The molecule has 2 aromatic heterocycles. The minimum absolute atomic E-state index is 0.123. The summed E-state index contributed by atoms with van der Waals surface area (Å²) < 4.78 is 6.79. The Hall–Kier alpha value is -2.83. The van der Waals surface area contributed by atoms with Crippen molar-refractivity contribution in [2.45, 2.75) is 13.5 Å². The number of imidazole rings is 1. The fourth-order valence-corrected chi connectivity index (χ4v) is 2.06. The number of fused-ring (bicyclic) bond motifs is 1. The first-order chi connectivity index (χ1) is 9.54. The number of aromatic carboxylic acids is 1. The van der Waals surface area contributed by atoms with Crippen LogP contribution < -0.4 is 5.69 Å². The lowest BCUT2D eigenvalue weighted by molar-refractivity contribution is 0.0697. The lowest BCUT2D eigenvalue weighted by Crippen LogP contribution is -2.17. The van der Waals surface area contributed by atoms with Crippen molar-refractivity contribution < 1.29 is 14.3 Å². The number of benzene rings is 1. The molecule has 0 spiro atoms. The van der Waals surface area contributed by atoms with Crippen LogP contribution in [0.15, 0.2) is 33.6 Å². The summed E-state index contributed by atoms with van der Waals surface area (Å²) in [6.45, 7) is 1.97. The van der Waals surface area contributed by atoms with Gasteiger partial charge in [0.25, 0.3) is 0 Å². The molecule has 0 radical (unpaired) electrons. The van der Waals surface area contributed by atoms with Gasteiger partial charge in [-0.05, 0) is 25.1 Å². The first-order valence-corrected chi connectivity index (χ1v) is 5.92. The lowest BCUT2D eigenvalue weighted by atomic mass is 10.2. The molecule has 0 atom stereocenters. The van der Waals surface area contributed by atoms with Crippen molar-refractivity contribution in [3.05, 3.63) is 52.1 Å². The van der Waals surface area contributed by atoms with E-state index in [2.05, 4.69) is 9.97 Å². The van der Waals surface area contributed by atoms with Crippen LogP contribution in [0.4, 0.5) is 0 Å². The minimum Gasteiger partial charge on any atom is -0.478 e. The second-order valence-electron chi connectivity index (χ2n) is 4.42. The Morgan fingerprint density at radius 2 is 2.30 bits per heavy atom. The summed E-state index contributed by atoms with van der Waals surface area (Å²) in [7, 11) is 0. The number of carboxylic acid groups (broad SMARTS) is 1. The van der Waals surface area contributed by atoms with Gasteiger partial charge < -0.3 is 14.5 Å². The number of aromatic nitrogens is 3. The predicted octanol–water partition coefficient (Wildman–Crippen LogP) is 1.37. The highest BCUT2D eigenvalue weighted by molar-refractivity contribution is 5.92. The van der Waals surface area contributed by atoms with Crippen LogP contribution in [0.2, 0.25) is 0 Å². The number of hydrogen-bond donors (Lipinski definition) is 2. The molecule has 102 valence electrons. The molecule has 7 nitrogen and oxygen atoms in total. The molecule has 0 amide bonds. The van der Waals surface area contributed by atoms with E-state index in [9.17, 15) is 9.59 Å². The number of nitrogens with one attached hydrogen (secondary N) is 1. The molecule has 0 aliphatic rings. The van der Waals surface area contributed by atoms with Crippen molar-refractivity contribution in [3.8, 4) is 0 Å². The van der Waals surface area contributed by atoms with E-state index in [1.165, 1.54) is 16.7 Å². The van der Waals surface area contributed by atoms with Crippen LogP contribution in [0, 0.1) is 6.92 Å². The Bertz CT molecular complexity index is 856. The van der Waals surface area contributed by atoms with Gasteiger partial charge in [-0.3, -0.25) is 4.57 Å². The number of H-pyrrole nitrogens is 1. The normalized spacial score (nSPS) is 11.1. The maximum absolute atomic E-state index is 11.9. The van der Waals surface area contributed by atoms with Gasteiger partial charge in [0.2, 0.25) is 5.89 Å². The van der Waals surface area contributed by atoms with Gasteiger partial charge in [0.05, 0.1) is 22.8 Å². The number of hydrogen-bond acceptors (Lipinski definition) is 4. The standard InChI is InChI=1S/C13H11N3O4/c1-7-5-14-11(20-7)6-16-10-3-2-8(12(17)18)4-9(10)15-13(16)19/h2-5H,6H2,1H3,(H,15,19)(H,17,18). The third-order valence-corrected chi connectivity index (χ3v) is 2.98. The van der Waals surface area contributed by atoms with Gasteiger partial charge in [-0.25, -0.2) is 14.6 Å². The molecule has 3 rings (SSSR count). The zero-order valence-corrected chi connectivity index (χ0v) is 10.6. The number of aryl methyl sites for hydroxylation is 1. The highest BCUT2D eigenvalue weighted by Crippen LogP contribution is 2.14. The number of carbonyl (C=O) groups is 1. The van der Waals surface area contributed by atoms with E-state index in [-0.39, 0.29) is 17.8 Å². The number of oxazole rings is 1. The van der Waals surface area contributed by atoms with Gasteiger partial charge in [-0.2, -0.15) is 0 Å². The van der Waals surface area contributed by atoms with Crippen LogP contribution in [0.5, 0.6) is 0 Å². The monoisotopic (exact) mass is 273 g/mol. The molecule has 0 saturated heterocycles. The van der Waals surface area contributed by atoms with Gasteiger partial charge in [0.15, 0.2) is 0 Å². The van der Waals surface area contributed by atoms with Crippen molar-refractivity contribution in [2.75, 3.05) is 0 Å². The summed E-state index contributed by atoms with van der Waals surface area (Å²) in [5.41, 5.74) is 0.866. The molecule has 1 aromatic carbocycles. The Kier molecular flexibility index (Phi) is 2.67. The second kappa shape index (κ2) is 4.37. The number of rotatable bonds is 3. The van der Waals surface area contributed by atoms with Crippen molar-refractivity contribution in [3.63, 3.8) is 0 Å². The van der Waals surface area contributed by atoms with Gasteiger partial charge >= 0.3 is 11.7 Å². The largest absolute Gasteiger partial charge is 0.478 e. The maximum Gasteiger partial charge on any atom is 0.335 e. The summed E-state index contributed by atoms with van der Waals surface area (Å²) in [6.07, 6.45) is 1.58. The average Bonchev–Trinajstić information content (AvgIpc) is 2.94. The first-order valence-electron chi connectivity index (χ1n) is 5.92. The molecule has 3 aromatic rings. The second-order valence-corrected chi connectivity index (χ2v) is 4.42. The Balaban J connectivity index is 2.09. The zero-order valence-electron chi connectivity index (χ0n) is 10.6. The molecule has 0 saturated carbocycles. The van der Waals surface area contributed by atoms with Crippen LogP contribution in [0.1, 0.15) is 22.0 Å². The molecule has 20 heavy (non-hydrogen) atoms. The first kappa shape index (κ1) is 12.2. The van der Waals surface area contributed by atoms with Crippen molar-refractivity contribution in [1.29, 1.82) is 0 Å². The van der Waals surface area contributed by atoms with Crippen molar-refractivity contribution in [1.82, 2.24) is 14.5 Å². The minimum atomic E-state index is -1.04. The smallest absolute Gasteiger partial charge is 0.335 e. The van der Waals surface area contributed by atoms with E-state index in [0.717, 1.165) is 0 Å². The molecule has 0 unspecified atom stereocenters. The fourth-order valence-electron chi connectivity index (χ4n) is 2.06. The SMILES string of the molecule is Cc1cnc(Cn2c(=O)[nH]c3cc(C(=O)O)ccc32)o1. The van der Waals surface area contributed by atoms with E-state index in [0.29, 0.717) is 22.7 Å². The topological polar surface area (TPSA) is 101 Å². The quantitative estimate of drug-likeness (QED) is 0.750. The molecule has 7 heteroatoms. The summed E-state index contributed by atoms with van der Waals surface area (Å²) in [5, 5.41) is 8.93. The summed E-state index contributed by atoms with van der Waals surface area (Å²) >= 11 is 0. The summed E-state index contributed by atoms with van der Waals surface area (Å²) in [4.78, 5) is 29.5. The third-order valence-electron chi connectivity index (χ3n) is 2.98. The van der Waals surface area contributed by atoms with Crippen molar-refractivity contribution in [2.24, 2.45) is 0 Å². The molecule has 0 aliphatic heterocycles. The molecule has 0 bridgehead atoms. The van der Waals surface area contributed by atoms with E-state index in [1.807, 2.05) is 0 Å². The van der Waals surface area contributed by atoms with E-state index in [4.69, 9.17) is 9.52 Å². The number of aromatic amines is 1. The Labute approximate surface area is 112 Å². The molecule has 0 aliphatic carbocycles. The van der Waals surface area contributed by atoms with E-state index >= 15 is 0 Å². The van der Waals surface area contributed by atoms with Gasteiger partial charge in [0.1, 0.15) is 12.3 Å². The summed E-state index contributed by atoms with van der Waals surface area (Å²) in [6, 6.07) is 4.47. The van der Waals surface area contributed by atoms with Crippen LogP contribution in [-0.2, 0) is 6.54 Å². The highest BCUT2D eigenvalue weighted by Gasteiger charge is 2.12. The Morgan fingerprint density at radius 1 is 1.50 bits per heavy atom. The molecule has 2 heterocycles. The summed E-state index contributed by atoms with van der Waals surface area (Å²) in [5.74, 6) is 0.0534. The van der Waals surface area contributed by atoms with Crippen LogP contribution >= 0.6 is 0 Å². The van der Waals surface area contributed by atoms with E-state index < -0.39 is 5.97 Å². The molecular weight excluding hydrogens is 262 g/mol. The van der Waals surface area contributed by atoms with Crippen LogP contribution in [0.25, 0.3) is 11.0 Å². The molecule has 2 N–H and O–H groups in total. The van der Waals surface area contributed by atoms with Crippen LogP contribution in [-0.4, -0.2) is 25.6 Å². The van der Waals surface area contributed by atoms with Gasteiger partial charge in [0, 0.05) is 0 Å². The molecule has 0 fully saturated rings. The van der Waals surface area contributed by atoms with Crippen molar-refractivity contribution >= 4 is 17.0 Å². The van der Waals surface area contributed by atoms with Crippen LogP contribution in [0.3, 0.4) is 0 Å². The predicted molar refractivity (Wildman–Crippen MR) is 69.9 cm³/mol. The average molecular weight is 273 g/mol. The molecular formula is C13H11N3O4. The highest BCUT2D eigenvalue weighted by atomic mass is 16.4. The van der Waals surface area contributed by atoms with E-state index in [1.54, 1.807) is 19.2 Å². The zero-order chi connectivity index (χ0) is 14.3. The fraction of sp³-hybridized carbons (Fsp3) is 0.154.